The molecule has 42 heavy (non-hydrogen) atoms. The van der Waals surface area contributed by atoms with E-state index in [9.17, 15) is 18.0 Å². The van der Waals surface area contributed by atoms with E-state index in [-0.39, 0.29) is 12.5 Å². The first-order chi connectivity index (χ1) is 20.2. The van der Waals surface area contributed by atoms with Crippen molar-refractivity contribution in [2.75, 3.05) is 23.7 Å². The maximum Gasteiger partial charge on any atom is 0.244 e. The SMILES string of the molecule is CCCCNC(=O)[C@@H](Cc1ccccc1)N(Cc1cccc(C)c1)C(=O)CN(c1cccc2ccccc12)S(C)(=O)=O. The van der Waals surface area contributed by atoms with Crippen LogP contribution >= 0.6 is 0 Å². The lowest BCUT2D eigenvalue weighted by atomic mass is 10.0. The highest BCUT2D eigenvalue weighted by molar-refractivity contribution is 7.92. The summed E-state index contributed by atoms with van der Waals surface area (Å²) in [5, 5.41) is 4.60. The number of hydrogen-bond donors (Lipinski definition) is 1. The molecular weight excluding hydrogens is 546 g/mol. The topological polar surface area (TPSA) is 86.8 Å². The van der Waals surface area contributed by atoms with Crippen molar-refractivity contribution < 1.29 is 18.0 Å². The number of rotatable bonds is 13. The molecule has 0 spiro atoms. The molecule has 0 aromatic heterocycles. The summed E-state index contributed by atoms with van der Waals surface area (Å²) in [4.78, 5) is 29.6. The van der Waals surface area contributed by atoms with Crippen molar-refractivity contribution in [3.05, 3.63) is 114 Å². The summed E-state index contributed by atoms with van der Waals surface area (Å²) in [6, 6.07) is 29.4. The molecule has 0 aliphatic heterocycles. The van der Waals surface area contributed by atoms with Gasteiger partial charge in [0.2, 0.25) is 21.8 Å². The Hall–Kier alpha value is -4.17. The second-order valence-electron chi connectivity index (χ2n) is 10.6. The number of unbranched alkanes of at least 4 members (excludes halogenated alkanes) is 1. The van der Waals surface area contributed by atoms with Gasteiger partial charge in [0.05, 0.1) is 11.9 Å². The van der Waals surface area contributed by atoms with E-state index in [1.54, 1.807) is 12.1 Å². The van der Waals surface area contributed by atoms with Gasteiger partial charge in [-0.3, -0.25) is 13.9 Å². The first-order valence-electron chi connectivity index (χ1n) is 14.3. The molecule has 0 saturated carbocycles. The Morgan fingerprint density at radius 3 is 2.24 bits per heavy atom. The lowest BCUT2D eigenvalue weighted by Crippen LogP contribution is -2.53. The maximum atomic E-state index is 14.3. The summed E-state index contributed by atoms with van der Waals surface area (Å²) in [7, 11) is -3.85. The van der Waals surface area contributed by atoms with Gasteiger partial charge >= 0.3 is 0 Å². The Labute approximate surface area is 249 Å². The number of nitrogens with zero attached hydrogens (tertiary/aromatic N) is 2. The average Bonchev–Trinajstić information content (AvgIpc) is 2.97. The van der Waals surface area contributed by atoms with E-state index in [0.717, 1.165) is 50.9 Å². The smallest absolute Gasteiger partial charge is 0.244 e. The molecule has 7 nitrogen and oxygen atoms in total. The first kappa shape index (κ1) is 30.8. The van der Waals surface area contributed by atoms with Crippen LogP contribution in [0.2, 0.25) is 0 Å². The molecule has 0 fully saturated rings. The minimum Gasteiger partial charge on any atom is -0.354 e. The Balaban J connectivity index is 1.76. The van der Waals surface area contributed by atoms with Crippen molar-refractivity contribution in [3.63, 3.8) is 0 Å². The van der Waals surface area contributed by atoms with Crippen LogP contribution in [0.4, 0.5) is 5.69 Å². The fourth-order valence-corrected chi connectivity index (χ4v) is 5.95. The number of nitrogens with one attached hydrogen (secondary N) is 1. The maximum absolute atomic E-state index is 14.3. The van der Waals surface area contributed by atoms with Crippen molar-refractivity contribution >= 4 is 38.3 Å². The number of carbonyl (C=O) groups excluding carboxylic acids is 2. The van der Waals surface area contributed by atoms with Crippen molar-refractivity contribution in [1.82, 2.24) is 10.2 Å². The Morgan fingerprint density at radius 1 is 0.857 bits per heavy atom. The van der Waals surface area contributed by atoms with Crippen LogP contribution in [0.25, 0.3) is 10.8 Å². The highest BCUT2D eigenvalue weighted by atomic mass is 32.2. The third-order valence-electron chi connectivity index (χ3n) is 7.25. The Kier molecular flexibility index (Phi) is 10.4. The van der Waals surface area contributed by atoms with E-state index in [1.807, 2.05) is 98.8 Å². The summed E-state index contributed by atoms with van der Waals surface area (Å²) in [5.41, 5.74) is 3.22. The van der Waals surface area contributed by atoms with Gasteiger partial charge in [-0.15, -0.1) is 0 Å². The van der Waals surface area contributed by atoms with E-state index < -0.39 is 28.5 Å². The van der Waals surface area contributed by atoms with Crippen LogP contribution in [0, 0.1) is 6.92 Å². The highest BCUT2D eigenvalue weighted by Gasteiger charge is 2.33. The molecule has 0 unspecified atom stereocenters. The largest absolute Gasteiger partial charge is 0.354 e. The Bertz CT molecular complexity index is 1620. The average molecular weight is 586 g/mol. The van der Waals surface area contributed by atoms with E-state index in [4.69, 9.17) is 0 Å². The number of benzene rings is 4. The molecule has 0 radical (unpaired) electrons. The van der Waals surface area contributed by atoms with Gasteiger partial charge in [0.25, 0.3) is 0 Å². The normalized spacial score (nSPS) is 12.1. The number of amides is 2. The molecule has 1 N–H and O–H groups in total. The van der Waals surface area contributed by atoms with Gasteiger partial charge in [-0.25, -0.2) is 8.42 Å². The second kappa shape index (κ2) is 14.1. The molecule has 8 heteroatoms. The van der Waals surface area contributed by atoms with Crippen LogP contribution in [0.15, 0.2) is 97.1 Å². The number of fused-ring (bicyclic) bond motifs is 1. The van der Waals surface area contributed by atoms with Crippen LogP contribution in [0.5, 0.6) is 0 Å². The van der Waals surface area contributed by atoms with Crippen molar-refractivity contribution in [3.8, 4) is 0 Å². The lowest BCUT2D eigenvalue weighted by molar-refractivity contribution is -0.140. The molecule has 220 valence electrons. The van der Waals surface area contributed by atoms with Crippen LogP contribution in [0.1, 0.15) is 36.5 Å². The number of carbonyl (C=O) groups is 2. The van der Waals surface area contributed by atoms with Crippen molar-refractivity contribution in [2.24, 2.45) is 0 Å². The van der Waals surface area contributed by atoms with Crippen molar-refractivity contribution in [2.45, 2.75) is 45.7 Å². The third kappa shape index (κ3) is 7.97. The third-order valence-corrected chi connectivity index (χ3v) is 8.38. The number of aryl methyl sites for hydroxylation is 1. The minimum atomic E-state index is -3.85. The molecule has 4 rings (SSSR count). The molecule has 0 saturated heterocycles. The minimum absolute atomic E-state index is 0.159. The van der Waals surface area contributed by atoms with E-state index in [2.05, 4.69) is 5.32 Å². The van der Waals surface area contributed by atoms with Crippen LogP contribution in [-0.4, -0.2) is 50.5 Å². The fraction of sp³-hybridized carbons (Fsp3) is 0.294. The number of sulfonamides is 1. The fourth-order valence-electron chi connectivity index (χ4n) is 5.09. The number of anilines is 1. The monoisotopic (exact) mass is 585 g/mol. The summed E-state index contributed by atoms with van der Waals surface area (Å²) >= 11 is 0. The zero-order valence-corrected chi connectivity index (χ0v) is 25.3. The van der Waals surface area contributed by atoms with Gasteiger partial charge in [-0.05, 0) is 35.9 Å². The summed E-state index contributed by atoms with van der Waals surface area (Å²) in [6.45, 7) is 4.24. The number of hydrogen-bond acceptors (Lipinski definition) is 4. The molecular formula is C34H39N3O4S. The highest BCUT2D eigenvalue weighted by Crippen LogP contribution is 2.29. The molecule has 0 bridgehead atoms. The molecule has 0 aliphatic carbocycles. The molecule has 2 amide bonds. The van der Waals surface area contributed by atoms with Gasteiger partial charge in [-0.1, -0.05) is 110 Å². The molecule has 4 aromatic rings. The predicted octanol–water partition coefficient (Wildman–Crippen LogP) is 5.47. The predicted molar refractivity (Wildman–Crippen MR) is 170 cm³/mol. The zero-order valence-electron chi connectivity index (χ0n) is 24.5. The van der Waals surface area contributed by atoms with Gasteiger partial charge in [0.1, 0.15) is 12.6 Å². The van der Waals surface area contributed by atoms with Crippen molar-refractivity contribution in [1.29, 1.82) is 0 Å². The van der Waals surface area contributed by atoms with E-state index >= 15 is 0 Å². The van der Waals surface area contributed by atoms with Gasteiger partial charge < -0.3 is 10.2 Å². The quantitative estimate of drug-likeness (QED) is 0.211. The van der Waals surface area contributed by atoms with Crippen LogP contribution in [-0.2, 0) is 32.6 Å². The molecule has 1 atom stereocenters. The standard InChI is InChI=1S/C34H39N3O4S/c1-4-5-21-35-34(39)32(23-27-14-7-6-8-15-27)36(24-28-16-11-13-26(2)22-28)33(38)25-37(42(3,40)41)31-20-12-18-29-17-9-10-19-30(29)31/h6-20,22,32H,4-5,21,23-25H2,1-3H3,(H,35,39)/t32-/m1/s1. The first-order valence-corrected chi connectivity index (χ1v) is 16.1. The summed E-state index contributed by atoms with van der Waals surface area (Å²) in [6.07, 6.45) is 3.14. The lowest BCUT2D eigenvalue weighted by Gasteiger charge is -2.33. The molecule has 0 heterocycles. The van der Waals surface area contributed by atoms with Gasteiger partial charge in [0, 0.05) is 24.9 Å². The van der Waals surface area contributed by atoms with Crippen LogP contribution in [0.3, 0.4) is 0 Å². The second-order valence-corrected chi connectivity index (χ2v) is 12.5. The summed E-state index contributed by atoms with van der Waals surface area (Å²) in [5.74, 6) is -0.717. The van der Waals surface area contributed by atoms with E-state index in [1.165, 1.54) is 4.90 Å². The summed E-state index contributed by atoms with van der Waals surface area (Å²) < 4.78 is 27.5. The van der Waals surface area contributed by atoms with Gasteiger partial charge in [0.15, 0.2) is 0 Å². The molecule has 4 aromatic carbocycles. The van der Waals surface area contributed by atoms with Gasteiger partial charge in [-0.2, -0.15) is 0 Å². The molecule has 0 aliphatic rings. The van der Waals surface area contributed by atoms with Crippen LogP contribution < -0.4 is 9.62 Å². The zero-order chi connectivity index (χ0) is 30.1. The Morgan fingerprint density at radius 2 is 1.52 bits per heavy atom. The van der Waals surface area contributed by atoms with E-state index in [0.29, 0.717) is 18.7 Å².